The van der Waals surface area contributed by atoms with Gasteiger partial charge in [-0.05, 0) is 24.3 Å². The zero-order valence-corrected chi connectivity index (χ0v) is 16.3. The Morgan fingerprint density at radius 2 is 1.93 bits per heavy atom. The molecule has 4 aromatic rings. The van der Waals surface area contributed by atoms with Gasteiger partial charge in [0.25, 0.3) is 5.56 Å². The van der Waals surface area contributed by atoms with E-state index >= 15 is 0 Å². The molecule has 0 atom stereocenters. The monoisotopic (exact) mass is 406 g/mol. The Kier molecular flexibility index (Phi) is 5.62. The van der Waals surface area contributed by atoms with Gasteiger partial charge in [-0.3, -0.25) is 14.2 Å². The third-order valence-corrected chi connectivity index (χ3v) is 4.97. The molecule has 0 radical (unpaired) electrons. The fourth-order valence-corrected chi connectivity index (χ4v) is 3.40. The van der Waals surface area contributed by atoms with E-state index in [0.717, 1.165) is 5.69 Å². The van der Waals surface area contributed by atoms with Crippen LogP contribution in [0, 0.1) is 0 Å². The standard InChI is InChI=1S/C21H18N4O3S/c26-20(9-10-25-13-22-17-6-2-1-5-16(17)21(25)27)24-18-7-3-4-8-19(18)28-11-15-12-29-14-23-15/h1-8,12-14H,9-11H2,(H,24,26). The Labute approximate surface area is 170 Å². The fourth-order valence-electron chi connectivity index (χ4n) is 2.86. The van der Waals surface area contributed by atoms with Crippen LogP contribution in [0.1, 0.15) is 12.1 Å². The van der Waals surface area contributed by atoms with E-state index in [1.54, 1.807) is 35.8 Å². The summed E-state index contributed by atoms with van der Waals surface area (Å²) in [6, 6.07) is 14.4. The summed E-state index contributed by atoms with van der Waals surface area (Å²) in [5, 5.41) is 5.30. The number of hydrogen-bond donors (Lipinski definition) is 1. The highest BCUT2D eigenvalue weighted by Gasteiger charge is 2.10. The van der Waals surface area contributed by atoms with E-state index < -0.39 is 0 Å². The zero-order chi connectivity index (χ0) is 20.1. The number of benzene rings is 2. The molecule has 4 rings (SSSR count). The summed E-state index contributed by atoms with van der Waals surface area (Å²) in [5.41, 5.74) is 3.64. The zero-order valence-electron chi connectivity index (χ0n) is 15.4. The Morgan fingerprint density at radius 3 is 2.79 bits per heavy atom. The van der Waals surface area contributed by atoms with Crippen LogP contribution >= 0.6 is 11.3 Å². The average Bonchev–Trinajstić information content (AvgIpc) is 3.26. The van der Waals surface area contributed by atoms with Crippen LogP contribution in [0.15, 0.2) is 70.5 Å². The van der Waals surface area contributed by atoms with E-state index in [0.29, 0.717) is 28.9 Å². The summed E-state index contributed by atoms with van der Waals surface area (Å²) in [6.45, 7) is 0.568. The fraction of sp³-hybridized carbons (Fsp3) is 0.143. The molecule has 7 nitrogen and oxygen atoms in total. The second kappa shape index (κ2) is 8.66. The number of nitrogens with one attached hydrogen (secondary N) is 1. The van der Waals surface area contributed by atoms with Crippen molar-refractivity contribution < 1.29 is 9.53 Å². The van der Waals surface area contributed by atoms with Crippen LogP contribution in [0.2, 0.25) is 0 Å². The first-order chi connectivity index (χ1) is 14.2. The molecular weight excluding hydrogens is 388 g/mol. The third-order valence-electron chi connectivity index (χ3n) is 4.33. The van der Waals surface area contributed by atoms with Crippen molar-refractivity contribution in [2.24, 2.45) is 0 Å². The van der Waals surface area contributed by atoms with E-state index in [4.69, 9.17) is 4.74 Å². The molecule has 8 heteroatoms. The number of thiazole rings is 1. The van der Waals surface area contributed by atoms with Crippen molar-refractivity contribution in [2.75, 3.05) is 5.32 Å². The smallest absolute Gasteiger partial charge is 0.261 e. The molecule has 0 unspecified atom stereocenters. The van der Waals surface area contributed by atoms with Gasteiger partial charge < -0.3 is 10.1 Å². The number of carbonyl (C=O) groups is 1. The van der Waals surface area contributed by atoms with Crippen LogP contribution < -0.4 is 15.6 Å². The van der Waals surface area contributed by atoms with E-state index in [-0.39, 0.29) is 24.4 Å². The highest BCUT2D eigenvalue weighted by atomic mass is 32.1. The SMILES string of the molecule is O=C(CCn1cnc2ccccc2c1=O)Nc1ccccc1OCc1cscn1. The summed E-state index contributed by atoms with van der Waals surface area (Å²) in [5.74, 6) is 0.355. The van der Waals surface area contributed by atoms with Crippen molar-refractivity contribution in [3.05, 3.63) is 81.8 Å². The van der Waals surface area contributed by atoms with Crippen molar-refractivity contribution in [1.82, 2.24) is 14.5 Å². The van der Waals surface area contributed by atoms with Gasteiger partial charge in [0.2, 0.25) is 5.91 Å². The minimum Gasteiger partial charge on any atom is -0.485 e. The number of anilines is 1. The van der Waals surface area contributed by atoms with Gasteiger partial charge in [-0.2, -0.15) is 0 Å². The number of aryl methyl sites for hydroxylation is 1. The number of ether oxygens (including phenoxy) is 1. The van der Waals surface area contributed by atoms with E-state index in [1.165, 1.54) is 22.2 Å². The van der Waals surface area contributed by atoms with Gasteiger partial charge >= 0.3 is 0 Å². The number of amides is 1. The van der Waals surface area contributed by atoms with Gasteiger partial charge in [-0.15, -0.1) is 11.3 Å². The van der Waals surface area contributed by atoms with Crippen LogP contribution in [0.5, 0.6) is 5.75 Å². The normalized spacial score (nSPS) is 10.8. The maximum atomic E-state index is 12.5. The first kappa shape index (κ1) is 18.8. The molecule has 29 heavy (non-hydrogen) atoms. The summed E-state index contributed by atoms with van der Waals surface area (Å²) < 4.78 is 7.23. The van der Waals surface area contributed by atoms with E-state index in [2.05, 4.69) is 15.3 Å². The Balaban J connectivity index is 1.40. The molecule has 146 valence electrons. The molecule has 0 aliphatic carbocycles. The molecule has 0 fully saturated rings. The van der Waals surface area contributed by atoms with Gasteiger partial charge in [0.05, 0.1) is 34.1 Å². The summed E-state index contributed by atoms with van der Waals surface area (Å²) in [6.07, 6.45) is 1.61. The number of fused-ring (bicyclic) bond motifs is 1. The Bertz CT molecular complexity index is 1190. The number of nitrogens with zero attached hydrogens (tertiary/aromatic N) is 3. The largest absolute Gasteiger partial charge is 0.485 e. The second-order valence-electron chi connectivity index (χ2n) is 6.32. The molecular formula is C21H18N4O3S. The minimum absolute atomic E-state index is 0.139. The van der Waals surface area contributed by atoms with E-state index in [1.807, 2.05) is 23.6 Å². The lowest BCUT2D eigenvalue weighted by atomic mass is 10.2. The second-order valence-corrected chi connectivity index (χ2v) is 7.04. The molecule has 0 saturated carbocycles. The van der Waals surface area contributed by atoms with Crippen LogP contribution in [-0.4, -0.2) is 20.4 Å². The first-order valence-corrected chi connectivity index (χ1v) is 9.98. The molecule has 0 bridgehead atoms. The molecule has 1 N–H and O–H groups in total. The van der Waals surface area contributed by atoms with Crippen molar-refractivity contribution >= 4 is 33.8 Å². The summed E-state index contributed by atoms with van der Waals surface area (Å²) >= 11 is 1.50. The molecule has 2 heterocycles. The lowest BCUT2D eigenvalue weighted by Gasteiger charge is -2.12. The predicted molar refractivity (Wildman–Crippen MR) is 112 cm³/mol. The maximum Gasteiger partial charge on any atom is 0.261 e. The van der Waals surface area contributed by atoms with Gasteiger partial charge in [0.15, 0.2) is 0 Å². The van der Waals surface area contributed by atoms with Crippen molar-refractivity contribution in [3.8, 4) is 5.75 Å². The maximum absolute atomic E-state index is 12.5. The molecule has 1 amide bonds. The average molecular weight is 406 g/mol. The van der Waals surface area contributed by atoms with Crippen LogP contribution in [0.3, 0.4) is 0 Å². The minimum atomic E-state index is -0.213. The van der Waals surface area contributed by atoms with Crippen LogP contribution in [0.25, 0.3) is 10.9 Å². The highest BCUT2D eigenvalue weighted by molar-refractivity contribution is 7.07. The van der Waals surface area contributed by atoms with Crippen LogP contribution in [-0.2, 0) is 17.9 Å². The van der Waals surface area contributed by atoms with Crippen molar-refractivity contribution in [2.45, 2.75) is 19.6 Å². The van der Waals surface area contributed by atoms with Gasteiger partial charge in [0, 0.05) is 18.3 Å². The molecule has 0 spiro atoms. The quantitative estimate of drug-likeness (QED) is 0.508. The summed E-state index contributed by atoms with van der Waals surface area (Å²) in [7, 11) is 0. The molecule has 0 saturated heterocycles. The van der Waals surface area contributed by atoms with Crippen molar-refractivity contribution in [1.29, 1.82) is 0 Å². The lowest BCUT2D eigenvalue weighted by Crippen LogP contribution is -2.23. The van der Waals surface area contributed by atoms with E-state index in [9.17, 15) is 9.59 Å². The lowest BCUT2D eigenvalue weighted by molar-refractivity contribution is -0.116. The molecule has 2 aromatic heterocycles. The Morgan fingerprint density at radius 1 is 1.10 bits per heavy atom. The summed E-state index contributed by atoms with van der Waals surface area (Å²) in [4.78, 5) is 33.4. The first-order valence-electron chi connectivity index (χ1n) is 9.03. The van der Waals surface area contributed by atoms with Gasteiger partial charge in [0.1, 0.15) is 12.4 Å². The topological polar surface area (TPSA) is 86.1 Å². The number of para-hydroxylation sites is 3. The predicted octanol–water partition coefficient (Wildman–Crippen LogP) is 3.46. The highest BCUT2D eigenvalue weighted by Crippen LogP contribution is 2.25. The van der Waals surface area contributed by atoms with Crippen LogP contribution in [0.4, 0.5) is 5.69 Å². The number of carbonyl (C=O) groups excluding carboxylic acids is 1. The van der Waals surface area contributed by atoms with Gasteiger partial charge in [-0.1, -0.05) is 24.3 Å². The Hall–Kier alpha value is -3.52. The van der Waals surface area contributed by atoms with Gasteiger partial charge in [-0.25, -0.2) is 9.97 Å². The molecule has 0 aliphatic heterocycles. The number of rotatable bonds is 7. The van der Waals surface area contributed by atoms with Crippen molar-refractivity contribution in [3.63, 3.8) is 0 Å². The molecule has 0 aliphatic rings. The molecule has 2 aromatic carbocycles. The number of hydrogen-bond acceptors (Lipinski definition) is 6. The third kappa shape index (κ3) is 4.49. The number of aromatic nitrogens is 3.